The zero-order valence-electron chi connectivity index (χ0n) is 12.4. The highest BCUT2D eigenvalue weighted by atomic mass is 32.2. The molecule has 1 unspecified atom stereocenters. The van der Waals surface area contributed by atoms with Crippen LogP contribution in [0, 0.1) is 5.92 Å². The molecule has 1 fully saturated rings. The highest BCUT2D eigenvalue weighted by Crippen LogP contribution is 2.29. The first-order valence-electron chi connectivity index (χ1n) is 7.32. The van der Waals surface area contributed by atoms with Crippen LogP contribution in [0.5, 0.6) is 0 Å². The maximum atomic E-state index is 12.7. The molecule has 1 atom stereocenters. The van der Waals surface area contributed by atoms with E-state index in [1.807, 2.05) is 0 Å². The van der Waals surface area contributed by atoms with Gasteiger partial charge in [0.25, 0.3) is 0 Å². The molecule has 0 bridgehead atoms. The third kappa shape index (κ3) is 2.47. The standard InChI is InChI=1S/C14H21N3O3S/c1-14(2)9-17(5-6-21(14,19)20)13(18)10-3-4-12-11(7-10)8-15-16-12/h8,10H,3-7,9H2,1-2H3,(H,15,16). The smallest absolute Gasteiger partial charge is 0.226 e. The molecule has 0 radical (unpaired) electrons. The predicted octanol–water partition coefficient (Wildman–Crippen LogP) is 0.550. The van der Waals surface area contributed by atoms with Crippen molar-refractivity contribution in [3.63, 3.8) is 0 Å². The second-order valence-corrected chi connectivity index (χ2v) is 9.39. The summed E-state index contributed by atoms with van der Waals surface area (Å²) in [5, 5.41) is 6.99. The lowest BCUT2D eigenvalue weighted by atomic mass is 9.86. The van der Waals surface area contributed by atoms with E-state index in [1.165, 1.54) is 0 Å². The van der Waals surface area contributed by atoms with Crippen molar-refractivity contribution in [2.24, 2.45) is 5.92 Å². The molecule has 6 nitrogen and oxygen atoms in total. The fraction of sp³-hybridized carbons (Fsp3) is 0.714. The van der Waals surface area contributed by atoms with Gasteiger partial charge in [-0.1, -0.05) is 0 Å². The van der Waals surface area contributed by atoms with Crippen molar-refractivity contribution in [1.29, 1.82) is 0 Å². The topological polar surface area (TPSA) is 83.1 Å². The van der Waals surface area contributed by atoms with E-state index in [2.05, 4.69) is 10.2 Å². The van der Waals surface area contributed by atoms with Crippen LogP contribution in [0.25, 0.3) is 0 Å². The van der Waals surface area contributed by atoms with Crippen LogP contribution < -0.4 is 0 Å². The lowest BCUT2D eigenvalue weighted by Crippen LogP contribution is -2.56. The van der Waals surface area contributed by atoms with Crippen molar-refractivity contribution in [1.82, 2.24) is 15.1 Å². The van der Waals surface area contributed by atoms with E-state index in [-0.39, 0.29) is 17.6 Å². The molecule has 1 aliphatic heterocycles. The number of hydrogen-bond donors (Lipinski definition) is 1. The number of hydrogen-bond acceptors (Lipinski definition) is 4. The van der Waals surface area contributed by atoms with Gasteiger partial charge < -0.3 is 4.90 Å². The van der Waals surface area contributed by atoms with E-state index in [0.29, 0.717) is 19.5 Å². The SMILES string of the molecule is CC1(C)CN(C(=O)C2CCc3[nH]ncc3C2)CCS1(=O)=O. The molecule has 116 valence electrons. The van der Waals surface area contributed by atoms with E-state index in [0.717, 1.165) is 24.1 Å². The van der Waals surface area contributed by atoms with Gasteiger partial charge in [0, 0.05) is 24.7 Å². The monoisotopic (exact) mass is 311 g/mol. The summed E-state index contributed by atoms with van der Waals surface area (Å²) in [5.74, 6) is 0.103. The van der Waals surface area contributed by atoms with Crippen LogP contribution in [0.2, 0.25) is 0 Å². The van der Waals surface area contributed by atoms with E-state index in [1.54, 1.807) is 24.9 Å². The predicted molar refractivity (Wildman–Crippen MR) is 78.5 cm³/mol. The number of carbonyl (C=O) groups excluding carboxylic acids is 1. The first-order valence-corrected chi connectivity index (χ1v) is 8.97. The summed E-state index contributed by atoms with van der Waals surface area (Å²) in [6.45, 7) is 4.02. The summed E-state index contributed by atoms with van der Waals surface area (Å²) in [7, 11) is -3.11. The van der Waals surface area contributed by atoms with Crippen LogP contribution >= 0.6 is 0 Å². The van der Waals surface area contributed by atoms with Gasteiger partial charge in [-0.05, 0) is 38.7 Å². The summed E-state index contributed by atoms with van der Waals surface area (Å²) >= 11 is 0. The molecular formula is C14H21N3O3S. The number of H-pyrrole nitrogens is 1. The molecule has 1 saturated heterocycles. The zero-order valence-corrected chi connectivity index (χ0v) is 13.2. The van der Waals surface area contributed by atoms with E-state index < -0.39 is 14.6 Å². The van der Waals surface area contributed by atoms with Gasteiger partial charge in [-0.2, -0.15) is 5.10 Å². The first kappa shape index (κ1) is 14.6. The number of amides is 1. The average molecular weight is 311 g/mol. The third-order valence-corrected chi connectivity index (χ3v) is 7.25. The Morgan fingerprint density at radius 2 is 2.24 bits per heavy atom. The lowest BCUT2D eigenvalue weighted by Gasteiger charge is -2.39. The molecule has 1 N–H and O–H groups in total. The maximum absolute atomic E-state index is 12.7. The molecule has 1 amide bonds. The Morgan fingerprint density at radius 3 is 2.95 bits per heavy atom. The molecule has 21 heavy (non-hydrogen) atoms. The van der Waals surface area contributed by atoms with Crippen LogP contribution in [0.15, 0.2) is 6.20 Å². The quantitative estimate of drug-likeness (QED) is 0.821. The third-order valence-electron chi connectivity index (χ3n) is 4.72. The van der Waals surface area contributed by atoms with Gasteiger partial charge >= 0.3 is 0 Å². The minimum atomic E-state index is -3.11. The Balaban J connectivity index is 1.73. The largest absolute Gasteiger partial charge is 0.340 e. The highest BCUT2D eigenvalue weighted by Gasteiger charge is 2.43. The summed E-state index contributed by atoms with van der Waals surface area (Å²) < 4.78 is 23.2. The molecule has 1 aliphatic carbocycles. The van der Waals surface area contributed by atoms with Crippen molar-refractivity contribution < 1.29 is 13.2 Å². The van der Waals surface area contributed by atoms with Crippen molar-refractivity contribution in [2.45, 2.75) is 37.9 Å². The van der Waals surface area contributed by atoms with Crippen LogP contribution in [-0.2, 0) is 27.5 Å². The minimum Gasteiger partial charge on any atom is -0.340 e. The number of fused-ring (bicyclic) bond motifs is 1. The molecule has 1 aromatic heterocycles. The summed E-state index contributed by atoms with van der Waals surface area (Å²) in [6, 6.07) is 0. The van der Waals surface area contributed by atoms with Gasteiger partial charge in [0.2, 0.25) is 5.91 Å². The van der Waals surface area contributed by atoms with E-state index in [9.17, 15) is 13.2 Å². The van der Waals surface area contributed by atoms with E-state index >= 15 is 0 Å². The Labute approximate surface area is 124 Å². The zero-order chi connectivity index (χ0) is 15.3. The number of aryl methyl sites for hydroxylation is 1. The van der Waals surface area contributed by atoms with Crippen LogP contribution in [0.3, 0.4) is 0 Å². The fourth-order valence-corrected chi connectivity index (χ4v) is 4.58. The average Bonchev–Trinajstić information content (AvgIpc) is 2.88. The highest BCUT2D eigenvalue weighted by molar-refractivity contribution is 7.92. The second kappa shape index (κ2) is 4.83. The second-order valence-electron chi connectivity index (χ2n) is 6.65. The molecule has 3 rings (SSSR count). The molecule has 2 heterocycles. The summed E-state index contributed by atoms with van der Waals surface area (Å²) in [4.78, 5) is 14.4. The molecule has 0 spiro atoms. The van der Waals surface area contributed by atoms with Crippen LogP contribution in [-0.4, -0.2) is 53.0 Å². The number of nitrogens with one attached hydrogen (secondary N) is 1. The van der Waals surface area contributed by atoms with Gasteiger partial charge in [0.05, 0.1) is 16.7 Å². The number of nitrogens with zero attached hydrogens (tertiary/aromatic N) is 2. The molecule has 2 aliphatic rings. The number of aromatic nitrogens is 2. The molecule has 1 aromatic rings. The first-order chi connectivity index (χ1) is 9.80. The Morgan fingerprint density at radius 1 is 1.48 bits per heavy atom. The van der Waals surface area contributed by atoms with Gasteiger partial charge in [-0.15, -0.1) is 0 Å². The molecular weight excluding hydrogens is 290 g/mol. The number of rotatable bonds is 1. The minimum absolute atomic E-state index is 0.0493. The summed E-state index contributed by atoms with van der Waals surface area (Å²) in [5.41, 5.74) is 2.24. The van der Waals surface area contributed by atoms with Gasteiger partial charge in [0.1, 0.15) is 0 Å². The van der Waals surface area contributed by atoms with Crippen LogP contribution in [0.1, 0.15) is 31.5 Å². The van der Waals surface area contributed by atoms with Crippen molar-refractivity contribution in [2.75, 3.05) is 18.8 Å². The number of aromatic amines is 1. The molecule has 0 saturated carbocycles. The fourth-order valence-electron chi connectivity index (χ4n) is 3.22. The lowest BCUT2D eigenvalue weighted by molar-refractivity contribution is -0.136. The maximum Gasteiger partial charge on any atom is 0.226 e. The van der Waals surface area contributed by atoms with E-state index in [4.69, 9.17) is 0 Å². The van der Waals surface area contributed by atoms with Crippen LogP contribution in [0.4, 0.5) is 0 Å². The Kier molecular flexibility index (Phi) is 3.35. The van der Waals surface area contributed by atoms with Crippen molar-refractivity contribution >= 4 is 15.7 Å². The normalized spacial score (nSPS) is 27.1. The van der Waals surface area contributed by atoms with Gasteiger partial charge in [0.15, 0.2) is 9.84 Å². The van der Waals surface area contributed by atoms with Gasteiger partial charge in [-0.3, -0.25) is 9.89 Å². The molecule has 0 aromatic carbocycles. The molecule has 7 heteroatoms. The van der Waals surface area contributed by atoms with Crippen molar-refractivity contribution in [3.8, 4) is 0 Å². The number of carbonyl (C=O) groups is 1. The summed E-state index contributed by atoms with van der Waals surface area (Å²) in [6.07, 6.45) is 4.13. The van der Waals surface area contributed by atoms with Gasteiger partial charge in [-0.25, -0.2) is 8.42 Å². The Hall–Kier alpha value is -1.37. The Bertz CT molecular complexity index is 663. The van der Waals surface area contributed by atoms with Crippen molar-refractivity contribution in [3.05, 3.63) is 17.5 Å². The number of sulfone groups is 1.